The van der Waals surface area contributed by atoms with Crippen LogP contribution in [0.1, 0.15) is 34.7 Å². The molecular weight excluding hydrogens is 349 g/mol. The predicted octanol–water partition coefficient (Wildman–Crippen LogP) is 4.88. The monoisotopic (exact) mass is 369 g/mol. The van der Waals surface area contributed by atoms with Gasteiger partial charge in [0.2, 0.25) is 5.78 Å². The zero-order chi connectivity index (χ0) is 17.9. The van der Waals surface area contributed by atoms with Crippen LogP contribution in [0.15, 0.2) is 24.3 Å². The molecule has 0 aliphatic carbocycles. The first-order chi connectivity index (χ1) is 11.3. The van der Waals surface area contributed by atoms with Crippen molar-refractivity contribution in [2.24, 2.45) is 0 Å². The van der Waals surface area contributed by atoms with Crippen molar-refractivity contribution in [1.82, 2.24) is 4.57 Å². The Morgan fingerprint density at radius 3 is 2.38 bits per heavy atom. The van der Waals surface area contributed by atoms with Gasteiger partial charge in [-0.3, -0.25) is 4.79 Å². The minimum atomic E-state index is -0.0879. The van der Waals surface area contributed by atoms with Crippen molar-refractivity contribution in [1.29, 1.82) is 0 Å². The van der Waals surface area contributed by atoms with Gasteiger partial charge >= 0.3 is 0 Å². The van der Waals surface area contributed by atoms with Crippen LogP contribution < -0.4 is 4.74 Å². The van der Waals surface area contributed by atoms with Crippen LogP contribution in [0.2, 0.25) is 10.0 Å². The highest BCUT2D eigenvalue weighted by Gasteiger charge is 2.19. The Kier molecular flexibility index (Phi) is 6.33. The molecule has 0 aliphatic rings. The Morgan fingerprint density at radius 2 is 1.79 bits per heavy atom. The van der Waals surface area contributed by atoms with E-state index in [1.807, 2.05) is 19.9 Å². The Morgan fingerprint density at radius 1 is 1.17 bits per heavy atom. The van der Waals surface area contributed by atoms with Crippen LogP contribution in [-0.2, 0) is 4.74 Å². The fourth-order valence-electron chi connectivity index (χ4n) is 2.89. The average Bonchev–Trinajstić information content (AvgIpc) is 2.79. The van der Waals surface area contributed by atoms with Gasteiger partial charge in [-0.05, 0) is 45.0 Å². The van der Waals surface area contributed by atoms with Gasteiger partial charge in [-0.2, -0.15) is 0 Å². The molecule has 24 heavy (non-hydrogen) atoms. The van der Waals surface area contributed by atoms with Crippen LogP contribution in [0, 0.1) is 13.8 Å². The van der Waals surface area contributed by atoms with Crippen molar-refractivity contribution in [2.45, 2.75) is 26.8 Å². The lowest BCUT2D eigenvalue weighted by Gasteiger charge is -2.17. The Labute approximate surface area is 152 Å². The van der Waals surface area contributed by atoms with Crippen LogP contribution in [0.3, 0.4) is 0 Å². The fourth-order valence-corrected chi connectivity index (χ4v) is 3.40. The molecule has 0 radical (unpaired) electrons. The molecule has 0 aliphatic heterocycles. The summed E-state index contributed by atoms with van der Waals surface area (Å²) < 4.78 is 12.9. The van der Waals surface area contributed by atoms with Crippen LogP contribution in [-0.4, -0.2) is 30.7 Å². The van der Waals surface area contributed by atoms with Crippen molar-refractivity contribution in [3.63, 3.8) is 0 Å². The van der Waals surface area contributed by atoms with Crippen molar-refractivity contribution < 1.29 is 14.3 Å². The van der Waals surface area contributed by atoms with Gasteiger partial charge in [0.25, 0.3) is 0 Å². The molecule has 1 heterocycles. The zero-order valence-corrected chi connectivity index (χ0v) is 15.7. The number of Topliss-reactive ketones (excluding diaryl/α,β-unsaturated/α-hetero) is 1. The number of rotatable bonds is 7. The van der Waals surface area contributed by atoms with E-state index in [-0.39, 0.29) is 18.4 Å². The number of benzene rings is 1. The molecule has 0 saturated heterocycles. The molecule has 0 bridgehead atoms. The van der Waals surface area contributed by atoms with E-state index in [0.29, 0.717) is 28.0 Å². The highest BCUT2D eigenvalue weighted by Crippen LogP contribution is 2.25. The molecule has 2 rings (SSSR count). The molecular formula is C18H21Cl2NO3. The summed E-state index contributed by atoms with van der Waals surface area (Å²) in [7, 11) is 1.67. The Bertz CT molecular complexity index is 720. The maximum atomic E-state index is 12.5. The Balaban J connectivity index is 2.14. The lowest BCUT2D eigenvalue weighted by atomic mass is 10.1. The van der Waals surface area contributed by atoms with E-state index >= 15 is 0 Å². The summed E-state index contributed by atoms with van der Waals surface area (Å²) in [5.41, 5.74) is 2.59. The third-order valence-corrected chi connectivity index (χ3v) is 4.28. The number of aromatic nitrogens is 1. The van der Waals surface area contributed by atoms with E-state index in [0.717, 1.165) is 11.4 Å². The number of halogens is 2. The number of hydrogen-bond donors (Lipinski definition) is 0. The standard InChI is InChI=1S/C18H21Cl2NO3/c1-11-5-17(13(3)21(11)12(2)9-23-4)18(22)10-24-16-7-14(19)6-15(20)8-16/h5-8,12H,9-10H2,1-4H3. The minimum absolute atomic E-state index is 0.0698. The summed E-state index contributed by atoms with van der Waals surface area (Å²) in [6.45, 7) is 6.49. The van der Waals surface area contributed by atoms with Gasteiger partial charge in [0.15, 0.2) is 6.61 Å². The summed E-state index contributed by atoms with van der Waals surface area (Å²) in [6.07, 6.45) is 0. The number of hydrogen-bond acceptors (Lipinski definition) is 3. The van der Waals surface area contributed by atoms with Crippen molar-refractivity contribution >= 4 is 29.0 Å². The largest absolute Gasteiger partial charge is 0.485 e. The predicted molar refractivity (Wildman–Crippen MR) is 96.8 cm³/mol. The van der Waals surface area contributed by atoms with Crippen molar-refractivity contribution in [2.75, 3.05) is 20.3 Å². The minimum Gasteiger partial charge on any atom is -0.485 e. The van der Waals surface area contributed by atoms with Gasteiger partial charge in [0.1, 0.15) is 5.75 Å². The highest BCUT2D eigenvalue weighted by molar-refractivity contribution is 6.34. The summed E-state index contributed by atoms with van der Waals surface area (Å²) in [5.74, 6) is 0.387. The van der Waals surface area contributed by atoms with Gasteiger partial charge in [0.05, 0.1) is 12.6 Å². The first-order valence-corrected chi connectivity index (χ1v) is 8.38. The van der Waals surface area contributed by atoms with Crippen LogP contribution in [0.25, 0.3) is 0 Å². The molecule has 1 unspecified atom stereocenters. The topological polar surface area (TPSA) is 40.5 Å². The summed E-state index contributed by atoms with van der Waals surface area (Å²) >= 11 is 11.9. The van der Waals surface area contributed by atoms with Gasteiger partial charge < -0.3 is 14.0 Å². The summed E-state index contributed by atoms with van der Waals surface area (Å²) in [6, 6.07) is 6.92. The number of nitrogens with zero attached hydrogens (tertiary/aromatic N) is 1. The molecule has 1 aromatic heterocycles. The average molecular weight is 370 g/mol. The molecule has 6 heteroatoms. The first kappa shape index (κ1) is 18.8. The maximum Gasteiger partial charge on any atom is 0.202 e. The van der Waals surface area contributed by atoms with E-state index in [2.05, 4.69) is 11.5 Å². The number of ether oxygens (including phenoxy) is 2. The number of carbonyl (C=O) groups excluding carboxylic acids is 1. The van der Waals surface area contributed by atoms with E-state index in [4.69, 9.17) is 32.7 Å². The van der Waals surface area contributed by atoms with Crippen molar-refractivity contribution in [3.05, 3.63) is 51.3 Å². The maximum absolute atomic E-state index is 12.5. The van der Waals surface area contributed by atoms with E-state index in [1.54, 1.807) is 25.3 Å². The molecule has 0 amide bonds. The molecule has 0 N–H and O–H groups in total. The van der Waals surface area contributed by atoms with E-state index in [9.17, 15) is 4.79 Å². The quantitative estimate of drug-likeness (QED) is 0.652. The second-order valence-corrected chi connectivity index (χ2v) is 6.65. The SMILES string of the molecule is COCC(C)n1c(C)cc(C(=O)COc2cc(Cl)cc(Cl)c2)c1C. The van der Waals surface area contributed by atoms with Crippen LogP contribution in [0.4, 0.5) is 0 Å². The smallest absolute Gasteiger partial charge is 0.202 e. The lowest BCUT2D eigenvalue weighted by Crippen LogP contribution is -2.16. The first-order valence-electron chi connectivity index (χ1n) is 7.63. The lowest BCUT2D eigenvalue weighted by molar-refractivity contribution is 0.0920. The molecule has 2 aromatic rings. The normalized spacial score (nSPS) is 12.2. The zero-order valence-electron chi connectivity index (χ0n) is 14.2. The van der Waals surface area contributed by atoms with Gasteiger partial charge in [-0.15, -0.1) is 0 Å². The molecule has 0 saturated carbocycles. The summed E-state index contributed by atoms with van der Waals surface area (Å²) in [5, 5.41) is 0.938. The number of ketones is 1. The molecule has 1 aromatic carbocycles. The third kappa shape index (κ3) is 4.32. The summed E-state index contributed by atoms with van der Waals surface area (Å²) in [4.78, 5) is 12.5. The van der Waals surface area contributed by atoms with Crippen molar-refractivity contribution in [3.8, 4) is 5.75 Å². The molecule has 0 fully saturated rings. The molecule has 1 atom stereocenters. The van der Waals surface area contributed by atoms with Crippen LogP contribution >= 0.6 is 23.2 Å². The molecule has 0 spiro atoms. The second-order valence-electron chi connectivity index (χ2n) is 5.78. The number of aryl methyl sites for hydroxylation is 1. The Hall–Kier alpha value is -1.49. The number of carbonyl (C=O) groups is 1. The second kappa shape index (κ2) is 8.06. The molecule has 4 nitrogen and oxygen atoms in total. The van der Waals surface area contributed by atoms with Gasteiger partial charge in [-0.1, -0.05) is 23.2 Å². The van der Waals surface area contributed by atoms with Crippen LogP contribution in [0.5, 0.6) is 5.75 Å². The van der Waals surface area contributed by atoms with Gasteiger partial charge in [-0.25, -0.2) is 0 Å². The number of methoxy groups -OCH3 is 1. The molecule has 130 valence electrons. The van der Waals surface area contributed by atoms with Gasteiger partial charge in [0, 0.05) is 34.1 Å². The van der Waals surface area contributed by atoms with E-state index in [1.165, 1.54) is 0 Å². The third-order valence-electron chi connectivity index (χ3n) is 3.84. The van der Waals surface area contributed by atoms with E-state index < -0.39 is 0 Å². The highest BCUT2D eigenvalue weighted by atomic mass is 35.5. The fraction of sp³-hybridized carbons (Fsp3) is 0.389.